The number of hydrogen-bond acceptors (Lipinski definition) is 1. The van der Waals surface area contributed by atoms with Gasteiger partial charge in [-0.05, 0) is 30.2 Å². The first kappa shape index (κ1) is 9.71. The lowest BCUT2D eigenvalue weighted by molar-refractivity contribution is 0.432. The van der Waals surface area contributed by atoms with Crippen molar-refractivity contribution in [3.05, 3.63) is 53.8 Å². The predicted molar refractivity (Wildman–Crippen MR) is 58.2 cm³/mol. The number of benzene rings is 2. The van der Waals surface area contributed by atoms with E-state index in [0.29, 0.717) is 0 Å². The van der Waals surface area contributed by atoms with E-state index in [0.717, 1.165) is 16.7 Å². The molecule has 2 aromatic rings. The molecule has 0 saturated carbocycles. The maximum atomic E-state index is 13.1. The quantitative estimate of drug-likeness (QED) is 0.750. The number of phenols is 1. The molecule has 0 saturated heterocycles. The molecular formula is C13H11FO. The van der Waals surface area contributed by atoms with E-state index in [9.17, 15) is 4.39 Å². The van der Waals surface area contributed by atoms with Gasteiger partial charge in [0.05, 0.1) is 0 Å². The second-order valence-electron chi connectivity index (χ2n) is 3.54. The third kappa shape index (κ3) is 1.99. The van der Waals surface area contributed by atoms with Crippen molar-refractivity contribution in [2.75, 3.05) is 0 Å². The van der Waals surface area contributed by atoms with Crippen LogP contribution in [-0.4, -0.2) is 5.11 Å². The molecule has 0 amide bonds. The van der Waals surface area contributed by atoms with E-state index in [1.165, 1.54) is 12.1 Å². The molecule has 0 fully saturated rings. The summed E-state index contributed by atoms with van der Waals surface area (Å²) in [6.45, 7) is 1.99. The van der Waals surface area contributed by atoms with E-state index >= 15 is 0 Å². The van der Waals surface area contributed by atoms with Crippen molar-refractivity contribution >= 4 is 0 Å². The minimum absolute atomic E-state index is 0.314. The highest BCUT2D eigenvalue weighted by Crippen LogP contribution is 2.25. The van der Waals surface area contributed by atoms with E-state index in [-0.39, 0.29) is 5.75 Å². The molecule has 1 N–H and O–H groups in total. The predicted octanol–water partition coefficient (Wildman–Crippen LogP) is 3.51. The summed E-state index contributed by atoms with van der Waals surface area (Å²) in [7, 11) is 0. The van der Waals surface area contributed by atoms with Crippen LogP contribution < -0.4 is 0 Å². The Labute approximate surface area is 87.8 Å². The van der Waals surface area contributed by atoms with Gasteiger partial charge >= 0.3 is 0 Å². The lowest BCUT2D eigenvalue weighted by atomic mass is 10.0. The molecule has 0 unspecified atom stereocenters. The molecule has 2 rings (SSSR count). The van der Waals surface area contributed by atoms with Crippen LogP contribution in [0.1, 0.15) is 5.56 Å². The first-order valence-electron chi connectivity index (χ1n) is 4.72. The lowest BCUT2D eigenvalue weighted by Gasteiger charge is -2.03. The van der Waals surface area contributed by atoms with Crippen LogP contribution in [0.3, 0.4) is 0 Å². The summed E-state index contributed by atoms with van der Waals surface area (Å²) in [6.07, 6.45) is 0. The first-order chi connectivity index (χ1) is 7.16. The first-order valence-corrected chi connectivity index (χ1v) is 4.72. The van der Waals surface area contributed by atoms with Gasteiger partial charge in [-0.1, -0.05) is 35.9 Å². The zero-order valence-corrected chi connectivity index (χ0v) is 8.37. The molecule has 0 aliphatic heterocycles. The van der Waals surface area contributed by atoms with Gasteiger partial charge in [0.1, 0.15) is 0 Å². The normalized spacial score (nSPS) is 10.3. The van der Waals surface area contributed by atoms with Crippen LogP contribution in [0, 0.1) is 12.7 Å². The monoisotopic (exact) mass is 202 g/mol. The molecule has 0 aliphatic carbocycles. The molecule has 2 aromatic carbocycles. The minimum Gasteiger partial charge on any atom is -0.505 e. The highest BCUT2D eigenvalue weighted by Gasteiger charge is 2.03. The van der Waals surface area contributed by atoms with Crippen molar-refractivity contribution in [3.8, 4) is 16.9 Å². The standard InChI is InChI=1S/C13H11FO/c1-9-3-2-4-10(7-9)11-5-6-13(15)12(14)8-11/h2-8,15H,1H3. The van der Waals surface area contributed by atoms with Crippen molar-refractivity contribution < 1.29 is 9.50 Å². The van der Waals surface area contributed by atoms with Crippen LogP contribution in [0.15, 0.2) is 42.5 Å². The number of phenolic OH excluding ortho intramolecular Hbond substituents is 1. The number of halogens is 1. The van der Waals surface area contributed by atoms with Crippen LogP contribution in [-0.2, 0) is 0 Å². The maximum Gasteiger partial charge on any atom is 0.165 e. The van der Waals surface area contributed by atoms with Gasteiger partial charge in [-0.25, -0.2) is 4.39 Å². The van der Waals surface area contributed by atoms with Gasteiger partial charge in [0.25, 0.3) is 0 Å². The Morgan fingerprint density at radius 1 is 1.00 bits per heavy atom. The summed E-state index contributed by atoms with van der Waals surface area (Å²) in [5.41, 5.74) is 2.85. The van der Waals surface area contributed by atoms with Gasteiger partial charge in [0.2, 0.25) is 0 Å². The Kier molecular flexibility index (Phi) is 2.42. The fourth-order valence-electron chi connectivity index (χ4n) is 1.51. The van der Waals surface area contributed by atoms with Gasteiger partial charge in [-0.3, -0.25) is 0 Å². The molecule has 0 aromatic heterocycles. The second kappa shape index (κ2) is 3.73. The summed E-state index contributed by atoms with van der Waals surface area (Å²) in [5.74, 6) is -0.902. The Hall–Kier alpha value is -1.83. The van der Waals surface area contributed by atoms with Gasteiger partial charge in [-0.15, -0.1) is 0 Å². The molecular weight excluding hydrogens is 191 g/mol. The Morgan fingerprint density at radius 3 is 2.40 bits per heavy atom. The molecule has 0 heterocycles. The summed E-state index contributed by atoms with van der Waals surface area (Å²) in [4.78, 5) is 0. The third-order valence-corrected chi connectivity index (χ3v) is 2.30. The molecule has 0 radical (unpaired) electrons. The Bertz CT molecular complexity index is 492. The number of aryl methyl sites for hydroxylation is 1. The van der Waals surface area contributed by atoms with E-state index in [1.54, 1.807) is 6.07 Å². The van der Waals surface area contributed by atoms with Crippen LogP contribution in [0.5, 0.6) is 5.75 Å². The second-order valence-corrected chi connectivity index (χ2v) is 3.54. The number of aromatic hydroxyl groups is 1. The van der Waals surface area contributed by atoms with Crippen molar-refractivity contribution in [2.45, 2.75) is 6.92 Å². The average Bonchev–Trinajstić information content (AvgIpc) is 2.22. The van der Waals surface area contributed by atoms with Gasteiger partial charge in [0, 0.05) is 0 Å². The van der Waals surface area contributed by atoms with Crippen LogP contribution in [0.25, 0.3) is 11.1 Å². The maximum absolute atomic E-state index is 13.1. The van der Waals surface area contributed by atoms with Gasteiger partial charge < -0.3 is 5.11 Å². The van der Waals surface area contributed by atoms with Crippen LogP contribution in [0.2, 0.25) is 0 Å². The van der Waals surface area contributed by atoms with E-state index in [1.807, 2.05) is 31.2 Å². The summed E-state index contributed by atoms with van der Waals surface area (Å²) >= 11 is 0. The summed E-state index contributed by atoms with van der Waals surface area (Å²) < 4.78 is 13.1. The van der Waals surface area contributed by atoms with Crippen molar-refractivity contribution in [3.63, 3.8) is 0 Å². The van der Waals surface area contributed by atoms with Gasteiger partial charge in [-0.2, -0.15) is 0 Å². The molecule has 0 aliphatic rings. The topological polar surface area (TPSA) is 20.2 Å². The van der Waals surface area contributed by atoms with E-state index in [4.69, 9.17) is 5.11 Å². The van der Waals surface area contributed by atoms with Crippen molar-refractivity contribution in [2.24, 2.45) is 0 Å². The number of rotatable bonds is 1. The summed E-state index contributed by atoms with van der Waals surface area (Å²) in [6, 6.07) is 12.2. The molecule has 1 nitrogen and oxygen atoms in total. The minimum atomic E-state index is -0.589. The zero-order valence-electron chi connectivity index (χ0n) is 8.37. The third-order valence-electron chi connectivity index (χ3n) is 2.30. The zero-order chi connectivity index (χ0) is 10.8. The number of hydrogen-bond donors (Lipinski definition) is 1. The Morgan fingerprint density at radius 2 is 1.73 bits per heavy atom. The largest absolute Gasteiger partial charge is 0.505 e. The highest BCUT2D eigenvalue weighted by atomic mass is 19.1. The summed E-state index contributed by atoms with van der Waals surface area (Å²) in [5, 5.41) is 9.07. The molecule has 15 heavy (non-hydrogen) atoms. The SMILES string of the molecule is Cc1cccc(-c2ccc(O)c(F)c2)c1. The molecule has 0 atom stereocenters. The van der Waals surface area contributed by atoms with E-state index < -0.39 is 5.82 Å². The average molecular weight is 202 g/mol. The Balaban J connectivity index is 2.50. The van der Waals surface area contributed by atoms with Crippen LogP contribution in [0.4, 0.5) is 4.39 Å². The fraction of sp³-hybridized carbons (Fsp3) is 0.0769. The molecule has 2 heteroatoms. The van der Waals surface area contributed by atoms with Gasteiger partial charge in [0.15, 0.2) is 11.6 Å². The smallest absolute Gasteiger partial charge is 0.165 e. The lowest BCUT2D eigenvalue weighted by Crippen LogP contribution is -1.82. The van der Waals surface area contributed by atoms with E-state index in [2.05, 4.69) is 0 Å². The van der Waals surface area contributed by atoms with Crippen LogP contribution >= 0.6 is 0 Å². The molecule has 0 bridgehead atoms. The highest BCUT2D eigenvalue weighted by molar-refractivity contribution is 5.64. The molecule has 0 spiro atoms. The van der Waals surface area contributed by atoms with Crippen molar-refractivity contribution in [1.29, 1.82) is 0 Å². The fourth-order valence-corrected chi connectivity index (χ4v) is 1.51. The van der Waals surface area contributed by atoms with Crippen molar-refractivity contribution in [1.82, 2.24) is 0 Å². The molecule has 76 valence electrons.